The van der Waals surface area contributed by atoms with Crippen LogP contribution in [0.5, 0.6) is 23.0 Å². The van der Waals surface area contributed by atoms with Crippen molar-refractivity contribution in [1.82, 2.24) is 19.9 Å². The largest absolute Gasteiger partial charge is 0.451 e. The van der Waals surface area contributed by atoms with Gasteiger partial charge in [0.25, 0.3) is 0 Å². The van der Waals surface area contributed by atoms with E-state index < -0.39 is 11.6 Å². The molecule has 8 nitrogen and oxygen atoms in total. The predicted octanol–water partition coefficient (Wildman–Crippen LogP) is 6.80. The molecule has 4 aromatic rings. The highest BCUT2D eigenvalue weighted by Gasteiger charge is 2.15. The number of piperidine rings is 2. The molecule has 0 aliphatic carbocycles. The minimum absolute atomic E-state index is 0.182. The number of ether oxygens (including phenoxy) is 2. The number of halogens is 2. The Bertz CT molecular complexity index is 1240. The van der Waals surface area contributed by atoms with Crippen molar-refractivity contribution in [2.75, 3.05) is 36.0 Å². The molecule has 0 radical (unpaired) electrons. The molecular weight excluding hydrogens is 514 g/mol. The zero-order valence-corrected chi connectivity index (χ0v) is 22.3. The summed E-state index contributed by atoms with van der Waals surface area (Å²) in [6.07, 6.45) is 13.6. The van der Waals surface area contributed by atoms with Crippen LogP contribution in [0.15, 0.2) is 73.3 Å². The summed E-state index contributed by atoms with van der Waals surface area (Å²) in [5, 5.41) is 0. The lowest BCUT2D eigenvalue weighted by Crippen LogP contribution is -2.30. The third kappa shape index (κ3) is 7.40. The highest BCUT2D eigenvalue weighted by atomic mass is 19.1. The summed E-state index contributed by atoms with van der Waals surface area (Å²) in [5.41, 5.74) is 0. The molecule has 0 bridgehead atoms. The van der Waals surface area contributed by atoms with Crippen LogP contribution >= 0.6 is 0 Å². The number of hydrogen-bond donors (Lipinski definition) is 0. The van der Waals surface area contributed by atoms with Gasteiger partial charge in [-0.25, -0.2) is 28.7 Å². The third-order valence-corrected chi connectivity index (χ3v) is 6.64. The van der Waals surface area contributed by atoms with E-state index in [1.165, 1.54) is 50.7 Å². The molecule has 208 valence electrons. The molecule has 2 saturated heterocycles. The van der Waals surface area contributed by atoms with Crippen molar-refractivity contribution in [3.05, 3.63) is 85.0 Å². The second kappa shape index (κ2) is 13.6. The number of para-hydroxylation sites is 2. The molecule has 2 aliphatic heterocycles. The molecule has 2 aromatic heterocycles. The molecule has 2 fully saturated rings. The highest BCUT2D eigenvalue weighted by molar-refractivity contribution is 5.36. The average molecular weight is 547 g/mol. The van der Waals surface area contributed by atoms with Gasteiger partial charge in [0.05, 0.1) is 24.8 Å². The van der Waals surface area contributed by atoms with Gasteiger partial charge in [0.15, 0.2) is 34.6 Å². The predicted molar refractivity (Wildman–Crippen MR) is 149 cm³/mol. The van der Waals surface area contributed by atoms with E-state index in [-0.39, 0.29) is 11.5 Å². The van der Waals surface area contributed by atoms with Crippen molar-refractivity contribution in [2.45, 2.75) is 38.5 Å². The SMILES string of the molecule is Fc1ccccc1Oc1cnc(N2CCCCC2)nc1.Fc1ccccc1Oc1cnc(N2CCCCC2)nc1. The van der Waals surface area contributed by atoms with Crippen LogP contribution in [0.2, 0.25) is 0 Å². The first-order valence-corrected chi connectivity index (χ1v) is 13.6. The van der Waals surface area contributed by atoms with Crippen molar-refractivity contribution in [3.8, 4) is 23.0 Å². The lowest BCUT2D eigenvalue weighted by molar-refractivity contribution is 0.438. The van der Waals surface area contributed by atoms with E-state index in [9.17, 15) is 8.78 Å². The number of aromatic nitrogens is 4. The van der Waals surface area contributed by atoms with Gasteiger partial charge in [-0.15, -0.1) is 0 Å². The fraction of sp³-hybridized carbons (Fsp3) is 0.333. The summed E-state index contributed by atoms with van der Waals surface area (Å²) < 4.78 is 37.8. The summed E-state index contributed by atoms with van der Waals surface area (Å²) in [5.74, 6) is 1.88. The molecule has 2 aliphatic rings. The maximum Gasteiger partial charge on any atom is 0.225 e. The van der Waals surface area contributed by atoms with Crippen molar-refractivity contribution in [3.63, 3.8) is 0 Å². The Morgan fingerprint density at radius 3 is 1.20 bits per heavy atom. The quantitative estimate of drug-likeness (QED) is 0.261. The summed E-state index contributed by atoms with van der Waals surface area (Å²) in [6.45, 7) is 3.97. The molecular formula is C30H32F2N6O2. The maximum absolute atomic E-state index is 13.5. The Balaban J connectivity index is 0.000000161. The Labute approximate surface area is 232 Å². The van der Waals surface area contributed by atoms with Gasteiger partial charge in [-0.3, -0.25) is 0 Å². The van der Waals surface area contributed by atoms with E-state index in [1.807, 2.05) is 0 Å². The van der Waals surface area contributed by atoms with Gasteiger partial charge in [-0.2, -0.15) is 0 Å². The van der Waals surface area contributed by atoms with Crippen molar-refractivity contribution >= 4 is 11.9 Å². The molecule has 40 heavy (non-hydrogen) atoms. The highest BCUT2D eigenvalue weighted by Crippen LogP contribution is 2.25. The normalized spacial score (nSPS) is 15.2. The van der Waals surface area contributed by atoms with E-state index >= 15 is 0 Å². The molecule has 0 atom stereocenters. The van der Waals surface area contributed by atoms with Crippen molar-refractivity contribution in [1.29, 1.82) is 0 Å². The Hall–Kier alpha value is -4.34. The van der Waals surface area contributed by atoms with Gasteiger partial charge in [0, 0.05) is 26.2 Å². The number of nitrogens with zero attached hydrogens (tertiary/aromatic N) is 6. The van der Waals surface area contributed by atoms with E-state index in [1.54, 1.807) is 61.2 Å². The minimum Gasteiger partial charge on any atom is -0.451 e. The summed E-state index contributed by atoms with van der Waals surface area (Å²) in [4.78, 5) is 21.5. The molecule has 4 heterocycles. The Morgan fingerprint density at radius 1 is 0.500 bits per heavy atom. The first-order chi connectivity index (χ1) is 19.7. The minimum atomic E-state index is -0.396. The van der Waals surface area contributed by atoms with Crippen LogP contribution in [0.3, 0.4) is 0 Å². The fourth-order valence-electron chi connectivity index (χ4n) is 4.55. The zero-order valence-electron chi connectivity index (χ0n) is 22.3. The average Bonchev–Trinajstić information content (AvgIpc) is 3.01. The lowest BCUT2D eigenvalue weighted by Gasteiger charge is -2.26. The fourth-order valence-corrected chi connectivity index (χ4v) is 4.55. The molecule has 6 rings (SSSR count). The molecule has 0 unspecified atom stereocenters. The molecule has 0 amide bonds. The van der Waals surface area contributed by atoms with Crippen LogP contribution in [-0.2, 0) is 0 Å². The van der Waals surface area contributed by atoms with Crippen LogP contribution in [0.25, 0.3) is 0 Å². The van der Waals surface area contributed by atoms with Crippen LogP contribution < -0.4 is 19.3 Å². The van der Waals surface area contributed by atoms with Crippen LogP contribution in [-0.4, -0.2) is 46.1 Å². The first-order valence-electron chi connectivity index (χ1n) is 13.6. The number of benzene rings is 2. The first kappa shape index (κ1) is 27.2. The molecule has 10 heteroatoms. The second-order valence-electron chi connectivity index (χ2n) is 9.60. The topological polar surface area (TPSA) is 76.5 Å². The summed E-state index contributed by atoms with van der Waals surface area (Å²) in [7, 11) is 0. The molecule has 0 spiro atoms. The van der Waals surface area contributed by atoms with Crippen LogP contribution in [0.4, 0.5) is 20.7 Å². The Morgan fingerprint density at radius 2 is 0.850 bits per heavy atom. The van der Waals surface area contributed by atoms with E-state index in [0.29, 0.717) is 23.4 Å². The zero-order chi connectivity index (χ0) is 27.6. The maximum atomic E-state index is 13.5. The molecule has 2 aromatic carbocycles. The number of rotatable bonds is 6. The van der Waals surface area contributed by atoms with Gasteiger partial charge in [0.2, 0.25) is 11.9 Å². The van der Waals surface area contributed by atoms with Crippen molar-refractivity contribution in [2.24, 2.45) is 0 Å². The standard InChI is InChI=1S/2C15H16FN3O/c2*16-13-6-2-3-7-14(13)20-12-10-17-15(18-11-12)19-8-4-1-5-9-19/h2*2-3,6-7,10-11H,1,4-5,8-9H2. The van der Waals surface area contributed by atoms with Gasteiger partial charge in [-0.05, 0) is 62.8 Å². The monoisotopic (exact) mass is 546 g/mol. The summed E-state index contributed by atoms with van der Waals surface area (Å²) >= 11 is 0. The van der Waals surface area contributed by atoms with E-state index in [4.69, 9.17) is 9.47 Å². The Kier molecular flexibility index (Phi) is 9.29. The number of hydrogen-bond acceptors (Lipinski definition) is 8. The number of anilines is 2. The van der Waals surface area contributed by atoms with Gasteiger partial charge in [-0.1, -0.05) is 24.3 Å². The summed E-state index contributed by atoms with van der Waals surface area (Å²) in [6, 6.07) is 12.6. The van der Waals surface area contributed by atoms with Gasteiger partial charge < -0.3 is 19.3 Å². The lowest BCUT2D eigenvalue weighted by atomic mass is 10.1. The second-order valence-corrected chi connectivity index (χ2v) is 9.60. The molecule has 0 saturated carbocycles. The van der Waals surface area contributed by atoms with Crippen LogP contribution in [0, 0.1) is 11.6 Å². The van der Waals surface area contributed by atoms with E-state index in [2.05, 4.69) is 29.7 Å². The van der Waals surface area contributed by atoms with E-state index in [0.717, 1.165) is 26.2 Å². The smallest absolute Gasteiger partial charge is 0.225 e. The van der Waals surface area contributed by atoms with Crippen molar-refractivity contribution < 1.29 is 18.3 Å². The van der Waals surface area contributed by atoms with Crippen LogP contribution in [0.1, 0.15) is 38.5 Å². The van der Waals surface area contributed by atoms with Gasteiger partial charge >= 0.3 is 0 Å². The van der Waals surface area contributed by atoms with Gasteiger partial charge in [0.1, 0.15) is 0 Å². The molecule has 0 N–H and O–H groups in total. The third-order valence-electron chi connectivity index (χ3n) is 6.64.